The summed E-state index contributed by atoms with van der Waals surface area (Å²) >= 11 is 0. The SMILES string of the molecule is C=CC(=O)N1CCc2ccc(OC3CC4(CCC4)C3)cc2C1. The van der Waals surface area contributed by atoms with Crippen molar-refractivity contribution in [1.82, 2.24) is 4.90 Å². The Morgan fingerprint density at radius 1 is 1.32 bits per heavy atom. The molecule has 1 heterocycles. The number of benzene rings is 1. The maximum absolute atomic E-state index is 11.8. The van der Waals surface area contributed by atoms with Crippen molar-refractivity contribution in [3.8, 4) is 5.75 Å². The largest absolute Gasteiger partial charge is 0.490 e. The van der Waals surface area contributed by atoms with Gasteiger partial charge in [-0.1, -0.05) is 19.1 Å². The predicted molar refractivity (Wildman–Crippen MR) is 85.7 cm³/mol. The van der Waals surface area contributed by atoms with Gasteiger partial charge in [-0.3, -0.25) is 4.79 Å². The molecule has 0 atom stereocenters. The van der Waals surface area contributed by atoms with Gasteiger partial charge in [-0.2, -0.15) is 0 Å². The average molecular weight is 297 g/mol. The third-order valence-electron chi connectivity index (χ3n) is 5.71. The van der Waals surface area contributed by atoms with Crippen molar-refractivity contribution in [3.63, 3.8) is 0 Å². The van der Waals surface area contributed by atoms with Crippen LogP contribution in [0.1, 0.15) is 43.2 Å². The van der Waals surface area contributed by atoms with Crippen LogP contribution in [0.25, 0.3) is 0 Å². The summed E-state index contributed by atoms with van der Waals surface area (Å²) in [6.45, 7) is 5.03. The lowest BCUT2D eigenvalue weighted by atomic mass is 9.55. The monoisotopic (exact) mass is 297 g/mol. The fraction of sp³-hybridized carbons (Fsp3) is 0.526. The second kappa shape index (κ2) is 5.15. The molecule has 0 N–H and O–H groups in total. The maximum Gasteiger partial charge on any atom is 0.246 e. The maximum atomic E-state index is 11.8. The Bertz CT molecular complexity index is 610. The third kappa shape index (κ3) is 2.33. The van der Waals surface area contributed by atoms with Crippen molar-refractivity contribution in [1.29, 1.82) is 0 Å². The van der Waals surface area contributed by atoms with Crippen LogP contribution in [0.4, 0.5) is 0 Å². The first-order valence-electron chi connectivity index (χ1n) is 8.37. The number of rotatable bonds is 3. The second-order valence-electron chi connectivity index (χ2n) is 7.15. The minimum Gasteiger partial charge on any atom is -0.490 e. The van der Waals surface area contributed by atoms with E-state index < -0.39 is 0 Å². The topological polar surface area (TPSA) is 29.5 Å². The molecule has 4 rings (SSSR count). The van der Waals surface area contributed by atoms with Gasteiger partial charge in [0.2, 0.25) is 5.91 Å². The molecule has 0 bridgehead atoms. The van der Waals surface area contributed by atoms with E-state index in [9.17, 15) is 4.79 Å². The summed E-state index contributed by atoms with van der Waals surface area (Å²) < 4.78 is 6.15. The van der Waals surface area contributed by atoms with Gasteiger partial charge in [0.15, 0.2) is 0 Å². The van der Waals surface area contributed by atoms with Crippen LogP contribution >= 0.6 is 0 Å². The summed E-state index contributed by atoms with van der Waals surface area (Å²) in [6.07, 6.45) is 9.37. The molecule has 0 unspecified atom stereocenters. The first-order valence-corrected chi connectivity index (χ1v) is 8.37. The molecule has 3 aliphatic rings. The number of fused-ring (bicyclic) bond motifs is 1. The van der Waals surface area contributed by atoms with Gasteiger partial charge in [0, 0.05) is 13.1 Å². The molecule has 2 fully saturated rings. The van der Waals surface area contributed by atoms with Crippen molar-refractivity contribution >= 4 is 5.91 Å². The zero-order chi connectivity index (χ0) is 15.2. The molecular weight excluding hydrogens is 274 g/mol. The fourth-order valence-electron chi connectivity index (χ4n) is 4.19. The molecule has 1 aromatic rings. The summed E-state index contributed by atoms with van der Waals surface area (Å²) in [7, 11) is 0. The van der Waals surface area contributed by atoms with Crippen LogP contribution in [-0.2, 0) is 17.8 Å². The van der Waals surface area contributed by atoms with E-state index in [2.05, 4.69) is 24.8 Å². The minimum absolute atomic E-state index is 0.0166. The van der Waals surface area contributed by atoms with Crippen LogP contribution in [0.5, 0.6) is 5.75 Å². The minimum atomic E-state index is 0.0166. The summed E-state index contributed by atoms with van der Waals surface area (Å²) in [4.78, 5) is 13.6. The van der Waals surface area contributed by atoms with E-state index >= 15 is 0 Å². The molecule has 22 heavy (non-hydrogen) atoms. The molecule has 1 amide bonds. The van der Waals surface area contributed by atoms with Gasteiger partial charge in [-0.05, 0) is 66.9 Å². The molecule has 0 radical (unpaired) electrons. The van der Waals surface area contributed by atoms with Crippen LogP contribution < -0.4 is 4.74 Å². The molecule has 0 saturated heterocycles. The number of carbonyl (C=O) groups is 1. The molecule has 0 aromatic heterocycles. The third-order valence-corrected chi connectivity index (χ3v) is 5.71. The van der Waals surface area contributed by atoms with E-state index in [1.807, 2.05) is 4.90 Å². The van der Waals surface area contributed by atoms with Crippen LogP contribution in [0.15, 0.2) is 30.9 Å². The summed E-state index contributed by atoms with van der Waals surface area (Å²) in [5, 5.41) is 0. The highest BCUT2D eigenvalue weighted by molar-refractivity contribution is 5.87. The Kier molecular flexibility index (Phi) is 3.24. The number of ether oxygens (including phenoxy) is 1. The highest BCUT2D eigenvalue weighted by atomic mass is 16.5. The predicted octanol–water partition coefficient (Wildman–Crippen LogP) is 3.47. The fourth-order valence-corrected chi connectivity index (χ4v) is 4.19. The number of hydrogen-bond donors (Lipinski definition) is 0. The molecule has 2 saturated carbocycles. The zero-order valence-electron chi connectivity index (χ0n) is 13.0. The molecule has 2 aliphatic carbocycles. The highest BCUT2D eigenvalue weighted by Crippen LogP contribution is 2.56. The van der Waals surface area contributed by atoms with Gasteiger partial charge >= 0.3 is 0 Å². The molecule has 3 nitrogen and oxygen atoms in total. The lowest BCUT2D eigenvalue weighted by Gasteiger charge is -2.53. The average Bonchev–Trinajstić information content (AvgIpc) is 2.47. The number of carbonyl (C=O) groups excluding carboxylic acids is 1. The van der Waals surface area contributed by atoms with Gasteiger partial charge in [-0.15, -0.1) is 0 Å². The van der Waals surface area contributed by atoms with Crippen molar-refractivity contribution in [2.75, 3.05) is 6.54 Å². The van der Waals surface area contributed by atoms with Crippen LogP contribution in [0, 0.1) is 5.41 Å². The molecule has 1 spiro atoms. The van der Waals surface area contributed by atoms with Crippen LogP contribution in [-0.4, -0.2) is 23.5 Å². The summed E-state index contributed by atoms with van der Waals surface area (Å²) in [5.74, 6) is 0.980. The summed E-state index contributed by atoms with van der Waals surface area (Å²) in [5.41, 5.74) is 3.20. The normalized spacial score (nSPS) is 22.5. The van der Waals surface area contributed by atoms with Crippen molar-refractivity contribution in [2.24, 2.45) is 5.41 Å². The number of amides is 1. The van der Waals surface area contributed by atoms with Gasteiger partial charge in [0.05, 0.1) is 6.10 Å². The van der Waals surface area contributed by atoms with E-state index in [1.54, 1.807) is 0 Å². The number of nitrogens with zero attached hydrogens (tertiary/aromatic N) is 1. The van der Waals surface area contributed by atoms with Gasteiger partial charge in [-0.25, -0.2) is 0 Å². The van der Waals surface area contributed by atoms with Crippen molar-refractivity contribution in [3.05, 3.63) is 42.0 Å². The molecule has 3 heteroatoms. The van der Waals surface area contributed by atoms with E-state index in [0.29, 0.717) is 18.1 Å². The summed E-state index contributed by atoms with van der Waals surface area (Å²) in [6, 6.07) is 6.39. The Hall–Kier alpha value is -1.77. The smallest absolute Gasteiger partial charge is 0.246 e. The molecule has 1 aromatic carbocycles. The lowest BCUT2D eigenvalue weighted by molar-refractivity contribution is -0.126. The molecular formula is C19H23NO2. The first-order chi connectivity index (χ1) is 10.7. The molecule has 1 aliphatic heterocycles. The Labute approximate surface area is 132 Å². The van der Waals surface area contributed by atoms with E-state index in [1.165, 1.54) is 49.3 Å². The van der Waals surface area contributed by atoms with E-state index in [0.717, 1.165) is 18.7 Å². The zero-order valence-corrected chi connectivity index (χ0v) is 13.0. The Balaban J connectivity index is 1.43. The number of hydrogen-bond acceptors (Lipinski definition) is 2. The standard InChI is InChI=1S/C19H23NO2/c1-2-18(21)20-9-6-14-4-5-16(10-15(14)13-20)22-17-11-19(12-17)7-3-8-19/h2,4-5,10,17H,1,3,6-9,11-13H2. The van der Waals surface area contributed by atoms with E-state index in [-0.39, 0.29) is 5.91 Å². The first kappa shape index (κ1) is 13.9. The van der Waals surface area contributed by atoms with Gasteiger partial charge in [0.25, 0.3) is 0 Å². The second-order valence-corrected chi connectivity index (χ2v) is 7.15. The highest BCUT2D eigenvalue weighted by Gasteiger charge is 2.49. The molecule has 116 valence electrons. The van der Waals surface area contributed by atoms with Crippen LogP contribution in [0.3, 0.4) is 0 Å². The Morgan fingerprint density at radius 3 is 2.82 bits per heavy atom. The van der Waals surface area contributed by atoms with Crippen molar-refractivity contribution < 1.29 is 9.53 Å². The lowest BCUT2D eigenvalue weighted by Crippen LogP contribution is -2.48. The van der Waals surface area contributed by atoms with Crippen LogP contribution in [0.2, 0.25) is 0 Å². The quantitative estimate of drug-likeness (QED) is 0.800. The van der Waals surface area contributed by atoms with Crippen molar-refractivity contribution in [2.45, 2.75) is 51.2 Å². The van der Waals surface area contributed by atoms with Gasteiger partial charge in [0.1, 0.15) is 5.75 Å². The van der Waals surface area contributed by atoms with Gasteiger partial charge < -0.3 is 9.64 Å². The van der Waals surface area contributed by atoms with E-state index in [4.69, 9.17) is 4.74 Å². The Morgan fingerprint density at radius 2 is 2.14 bits per heavy atom.